The van der Waals surface area contributed by atoms with Crippen molar-refractivity contribution in [2.45, 2.75) is 45.6 Å². The third kappa shape index (κ3) is 6.42. The number of hydrogen-bond donors (Lipinski definition) is 1. The summed E-state index contributed by atoms with van der Waals surface area (Å²) in [6, 6.07) is 15.0. The van der Waals surface area contributed by atoms with Gasteiger partial charge in [0.1, 0.15) is 12.4 Å². The van der Waals surface area contributed by atoms with Crippen molar-refractivity contribution in [3.8, 4) is 16.2 Å². The zero-order chi connectivity index (χ0) is 22.2. The molecule has 3 aromatic rings. The van der Waals surface area contributed by atoms with E-state index in [2.05, 4.69) is 50.8 Å². The Balaban J connectivity index is 1.56. The van der Waals surface area contributed by atoms with Crippen molar-refractivity contribution in [2.75, 3.05) is 13.2 Å². The zero-order valence-electron chi connectivity index (χ0n) is 18.2. The summed E-state index contributed by atoms with van der Waals surface area (Å²) in [5.74, 6) is 0.351. The van der Waals surface area contributed by atoms with Gasteiger partial charge in [0.25, 0.3) is 0 Å². The minimum atomic E-state index is -0.552. The Labute approximate surface area is 188 Å². The van der Waals surface area contributed by atoms with Gasteiger partial charge in [-0.25, -0.2) is 4.79 Å². The lowest BCUT2D eigenvalue weighted by Crippen LogP contribution is -2.17. The first kappa shape index (κ1) is 23.0. The maximum atomic E-state index is 11.0. The molecule has 0 radical (unpaired) electrons. The van der Waals surface area contributed by atoms with Crippen LogP contribution in [0.15, 0.2) is 55.1 Å². The number of hydrogen-bond acceptors (Lipinski definition) is 5. The quantitative estimate of drug-likeness (QED) is 0.224. The van der Waals surface area contributed by atoms with Gasteiger partial charge in [0.05, 0.1) is 12.7 Å². The summed E-state index contributed by atoms with van der Waals surface area (Å²) < 4.78 is 11.9. The van der Waals surface area contributed by atoms with Gasteiger partial charge in [-0.1, -0.05) is 37.3 Å². The maximum absolute atomic E-state index is 11.0. The van der Waals surface area contributed by atoms with Crippen LogP contribution in [0.4, 0.5) is 0 Å². The lowest BCUT2D eigenvalue weighted by Gasteiger charge is -2.12. The van der Waals surface area contributed by atoms with Gasteiger partial charge in [-0.2, -0.15) is 0 Å². The number of unbranched alkanes of at least 4 members (excludes halogenated alkanes) is 1. The number of aliphatic hydroxyl groups is 1. The van der Waals surface area contributed by atoms with E-state index in [4.69, 9.17) is 9.47 Å². The van der Waals surface area contributed by atoms with E-state index in [0.717, 1.165) is 24.7 Å². The summed E-state index contributed by atoms with van der Waals surface area (Å²) in [7, 11) is 0. The Morgan fingerprint density at radius 2 is 2.03 bits per heavy atom. The highest BCUT2D eigenvalue weighted by Crippen LogP contribution is 2.37. The molecule has 1 atom stereocenters. The molecule has 0 aliphatic carbocycles. The molecule has 1 aromatic heterocycles. The normalized spacial score (nSPS) is 12.0. The molecular weight excluding hydrogens is 408 g/mol. The molecule has 1 heterocycles. The SMILES string of the molecule is C=CC(=O)OCCCCC(O)COc1ccc2cc(-c3ccc(C)cc3CC)sc2c1. The minimum Gasteiger partial charge on any atom is -0.491 e. The molecule has 0 spiro atoms. The van der Waals surface area contributed by atoms with Crippen LogP contribution in [0.1, 0.15) is 37.3 Å². The van der Waals surface area contributed by atoms with Gasteiger partial charge in [-0.15, -0.1) is 11.3 Å². The second kappa shape index (κ2) is 11.1. The van der Waals surface area contributed by atoms with E-state index >= 15 is 0 Å². The second-order valence-corrected chi connectivity index (χ2v) is 8.74. The van der Waals surface area contributed by atoms with Gasteiger partial charge in [-0.3, -0.25) is 0 Å². The van der Waals surface area contributed by atoms with Crippen molar-refractivity contribution >= 4 is 27.4 Å². The van der Waals surface area contributed by atoms with Crippen LogP contribution in [0.3, 0.4) is 0 Å². The molecule has 0 aliphatic heterocycles. The Morgan fingerprint density at radius 1 is 1.19 bits per heavy atom. The van der Waals surface area contributed by atoms with E-state index in [0.29, 0.717) is 19.4 Å². The molecule has 164 valence electrons. The van der Waals surface area contributed by atoms with Crippen LogP contribution in [0, 0.1) is 6.92 Å². The number of carbonyl (C=O) groups is 1. The number of aryl methyl sites for hydroxylation is 2. The number of benzene rings is 2. The monoisotopic (exact) mass is 438 g/mol. The van der Waals surface area contributed by atoms with Gasteiger partial charge < -0.3 is 14.6 Å². The molecule has 4 nitrogen and oxygen atoms in total. The van der Waals surface area contributed by atoms with E-state index in [9.17, 15) is 9.90 Å². The number of rotatable bonds is 11. The molecule has 31 heavy (non-hydrogen) atoms. The Hall–Kier alpha value is -2.63. The molecule has 0 aliphatic rings. The van der Waals surface area contributed by atoms with Gasteiger partial charge in [0.2, 0.25) is 0 Å². The fraction of sp³-hybridized carbons (Fsp3) is 0.346. The fourth-order valence-electron chi connectivity index (χ4n) is 3.48. The first-order valence-electron chi connectivity index (χ1n) is 10.7. The highest BCUT2D eigenvalue weighted by Gasteiger charge is 2.10. The fourth-order valence-corrected chi connectivity index (χ4v) is 4.63. The van der Waals surface area contributed by atoms with Gasteiger partial charge >= 0.3 is 5.97 Å². The van der Waals surface area contributed by atoms with Crippen LogP contribution < -0.4 is 4.74 Å². The van der Waals surface area contributed by atoms with Crippen LogP contribution in [0.5, 0.6) is 5.75 Å². The Bertz CT molecular complexity index is 1040. The van der Waals surface area contributed by atoms with Crippen LogP contribution in [0.2, 0.25) is 0 Å². The van der Waals surface area contributed by atoms with Gasteiger partial charge in [-0.05, 0) is 73.4 Å². The first-order chi connectivity index (χ1) is 15.0. The molecule has 0 bridgehead atoms. The van der Waals surface area contributed by atoms with Gasteiger partial charge in [0.15, 0.2) is 0 Å². The predicted octanol–water partition coefficient (Wildman–Crippen LogP) is 6.08. The highest BCUT2D eigenvalue weighted by molar-refractivity contribution is 7.22. The lowest BCUT2D eigenvalue weighted by molar-refractivity contribution is -0.137. The van der Waals surface area contributed by atoms with E-state index in [1.807, 2.05) is 12.1 Å². The number of ether oxygens (including phenoxy) is 2. The number of esters is 1. The topological polar surface area (TPSA) is 55.8 Å². The smallest absolute Gasteiger partial charge is 0.330 e. The molecule has 0 saturated carbocycles. The molecule has 5 heteroatoms. The van der Waals surface area contributed by atoms with Crippen molar-refractivity contribution in [1.82, 2.24) is 0 Å². The van der Waals surface area contributed by atoms with Crippen molar-refractivity contribution in [3.05, 3.63) is 66.2 Å². The number of fused-ring (bicyclic) bond motifs is 1. The van der Waals surface area contributed by atoms with E-state index in [-0.39, 0.29) is 6.61 Å². The average molecular weight is 439 g/mol. The largest absolute Gasteiger partial charge is 0.491 e. The third-order valence-corrected chi connectivity index (χ3v) is 6.31. The number of carbonyl (C=O) groups excluding carboxylic acids is 1. The van der Waals surface area contributed by atoms with Crippen molar-refractivity contribution in [3.63, 3.8) is 0 Å². The summed E-state index contributed by atoms with van der Waals surface area (Å²) in [5.41, 5.74) is 3.95. The summed E-state index contributed by atoms with van der Waals surface area (Å²) in [6.45, 7) is 8.26. The third-order valence-electron chi connectivity index (χ3n) is 5.18. The van der Waals surface area contributed by atoms with E-state index in [1.165, 1.54) is 31.7 Å². The first-order valence-corrected chi connectivity index (χ1v) is 11.6. The molecule has 1 unspecified atom stereocenters. The van der Waals surface area contributed by atoms with Crippen molar-refractivity contribution in [2.24, 2.45) is 0 Å². The van der Waals surface area contributed by atoms with Crippen molar-refractivity contribution < 1.29 is 19.4 Å². The molecule has 0 saturated heterocycles. The molecule has 1 N–H and O–H groups in total. The zero-order valence-corrected chi connectivity index (χ0v) is 19.0. The highest BCUT2D eigenvalue weighted by atomic mass is 32.1. The van der Waals surface area contributed by atoms with Crippen LogP contribution >= 0.6 is 11.3 Å². The van der Waals surface area contributed by atoms with Crippen LogP contribution in [-0.4, -0.2) is 30.4 Å². The summed E-state index contributed by atoms with van der Waals surface area (Å²) in [6.07, 6.45) is 3.68. The summed E-state index contributed by atoms with van der Waals surface area (Å²) >= 11 is 1.77. The Kier molecular flexibility index (Phi) is 8.27. The number of thiophene rings is 1. The second-order valence-electron chi connectivity index (χ2n) is 7.66. The van der Waals surface area contributed by atoms with E-state index in [1.54, 1.807) is 11.3 Å². The van der Waals surface area contributed by atoms with E-state index < -0.39 is 12.1 Å². The molecule has 0 amide bonds. The summed E-state index contributed by atoms with van der Waals surface area (Å²) in [5, 5.41) is 11.4. The lowest BCUT2D eigenvalue weighted by atomic mass is 10.0. The maximum Gasteiger partial charge on any atom is 0.330 e. The summed E-state index contributed by atoms with van der Waals surface area (Å²) in [4.78, 5) is 12.2. The minimum absolute atomic E-state index is 0.244. The molecule has 2 aromatic carbocycles. The van der Waals surface area contributed by atoms with Crippen LogP contribution in [0.25, 0.3) is 20.5 Å². The number of aliphatic hydroxyl groups excluding tert-OH is 1. The average Bonchev–Trinajstić information content (AvgIpc) is 3.20. The van der Waals surface area contributed by atoms with Gasteiger partial charge in [0, 0.05) is 15.7 Å². The standard InChI is InChI=1S/C26H30O4S/c1-4-19-14-18(3)9-12-23(19)25-15-20-10-11-22(16-24(20)31-25)30-17-21(27)8-6-7-13-29-26(28)5-2/h5,9-12,14-16,21,27H,2,4,6-8,13,17H2,1,3H3. The van der Waals surface area contributed by atoms with Crippen molar-refractivity contribution in [1.29, 1.82) is 0 Å². The molecular formula is C26H30O4S. The molecule has 0 fully saturated rings. The Morgan fingerprint density at radius 3 is 2.81 bits per heavy atom. The predicted molar refractivity (Wildman–Crippen MR) is 128 cm³/mol. The van der Waals surface area contributed by atoms with Crippen LogP contribution in [-0.2, 0) is 16.0 Å². The molecule has 3 rings (SSSR count).